The Kier molecular flexibility index (Phi) is 4.21. The van der Waals surface area contributed by atoms with E-state index in [4.69, 9.17) is 16.6 Å². The molecule has 1 fully saturated rings. The van der Waals surface area contributed by atoms with Crippen LogP contribution in [0, 0.1) is 18.8 Å². The van der Waals surface area contributed by atoms with Crippen LogP contribution >= 0.6 is 11.6 Å². The maximum Gasteiger partial charge on any atom is 0.160 e. The highest BCUT2D eigenvalue weighted by atomic mass is 35.5. The first-order valence-corrected chi connectivity index (χ1v) is 8.59. The van der Waals surface area contributed by atoms with Gasteiger partial charge in [0.15, 0.2) is 5.65 Å². The van der Waals surface area contributed by atoms with Crippen LogP contribution in [0.5, 0.6) is 0 Å². The van der Waals surface area contributed by atoms with Gasteiger partial charge >= 0.3 is 0 Å². The summed E-state index contributed by atoms with van der Waals surface area (Å²) < 4.78 is 2.39. The van der Waals surface area contributed by atoms with Crippen molar-refractivity contribution in [2.75, 3.05) is 5.88 Å². The van der Waals surface area contributed by atoms with Crippen molar-refractivity contribution in [1.82, 2.24) is 14.5 Å². The number of hydrogen-bond acceptors (Lipinski definition) is 2. The third kappa shape index (κ3) is 2.46. The van der Waals surface area contributed by atoms with Crippen molar-refractivity contribution in [3.8, 4) is 0 Å². The molecule has 1 aliphatic rings. The molecule has 114 valence electrons. The van der Waals surface area contributed by atoms with E-state index in [1.165, 1.54) is 24.8 Å². The molecule has 0 aromatic carbocycles. The van der Waals surface area contributed by atoms with E-state index in [2.05, 4.69) is 30.3 Å². The lowest BCUT2D eigenvalue weighted by Gasteiger charge is -2.23. The van der Waals surface area contributed by atoms with E-state index >= 15 is 0 Å². The van der Waals surface area contributed by atoms with E-state index in [9.17, 15) is 0 Å². The van der Waals surface area contributed by atoms with Crippen molar-refractivity contribution in [2.24, 2.45) is 11.8 Å². The molecule has 0 saturated heterocycles. The summed E-state index contributed by atoms with van der Waals surface area (Å²) in [4.78, 5) is 9.48. The third-order valence-corrected chi connectivity index (χ3v) is 5.40. The van der Waals surface area contributed by atoms with Gasteiger partial charge in [-0.15, -0.1) is 11.6 Å². The molecular formula is C17H24ClN3. The van der Waals surface area contributed by atoms with E-state index < -0.39 is 0 Å². The number of aryl methyl sites for hydroxylation is 2. The number of alkyl halides is 1. The number of hydrogen-bond donors (Lipinski definition) is 0. The van der Waals surface area contributed by atoms with Crippen LogP contribution in [0.3, 0.4) is 0 Å². The number of rotatable bonds is 4. The topological polar surface area (TPSA) is 30.7 Å². The van der Waals surface area contributed by atoms with Gasteiger partial charge < -0.3 is 4.57 Å². The second-order valence-electron chi connectivity index (χ2n) is 6.31. The van der Waals surface area contributed by atoms with E-state index in [0.717, 1.165) is 29.3 Å². The Bertz CT molecular complexity index is 634. The highest BCUT2D eigenvalue weighted by Crippen LogP contribution is 2.43. The molecule has 0 amide bonds. The summed E-state index contributed by atoms with van der Waals surface area (Å²) in [6, 6.07) is 2.56. The van der Waals surface area contributed by atoms with Crippen LogP contribution in [0.4, 0.5) is 0 Å². The highest BCUT2D eigenvalue weighted by Gasteiger charge is 2.35. The fourth-order valence-electron chi connectivity index (χ4n) is 3.93. The van der Waals surface area contributed by atoms with Crippen LogP contribution in [-0.4, -0.2) is 20.4 Å². The monoisotopic (exact) mass is 305 g/mol. The number of nitrogens with zero attached hydrogens (tertiary/aromatic N) is 3. The van der Waals surface area contributed by atoms with Crippen molar-refractivity contribution in [1.29, 1.82) is 0 Å². The Morgan fingerprint density at radius 1 is 1.38 bits per heavy atom. The first-order chi connectivity index (χ1) is 10.2. The van der Waals surface area contributed by atoms with Gasteiger partial charge in [-0.1, -0.05) is 20.3 Å². The fourth-order valence-corrected chi connectivity index (χ4v) is 4.10. The highest BCUT2D eigenvalue weighted by molar-refractivity contribution is 6.17. The molecule has 2 aromatic heterocycles. The average Bonchev–Trinajstić information content (AvgIpc) is 3.01. The molecule has 3 nitrogen and oxygen atoms in total. The van der Waals surface area contributed by atoms with E-state index in [-0.39, 0.29) is 0 Å². The molecule has 0 radical (unpaired) electrons. The Balaban J connectivity index is 2.12. The van der Waals surface area contributed by atoms with Gasteiger partial charge in [-0.05, 0) is 43.2 Å². The quantitative estimate of drug-likeness (QED) is 0.778. The lowest BCUT2D eigenvalue weighted by atomic mass is 9.93. The van der Waals surface area contributed by atoms with E-state index in [1.54, 1.807) is 0 Å². The van der Waals surface area contributed by atoms with Gasteiger partial charge in [-0.3, -0.25) is 0 Å². The Morgan fingerprint density at radius 2 is 2.19 bits per heavy atom. The zero-order valence-electron chi connectivity index (χ0n) is 13.1. The van der Waals surface area contributed by atoms with Crippen LogP contribution in [0.25, 0.3) is 11.2 Å². The number of halogens is 1. The lowest BCUT2D eigenvalue weighted by molar-refractivity contribution is 0.328. The molecule has 0 spiro atoms. The summed E-state index contributed by atoms with van der Waals surface area (Å²) in [7, 11) is 0. The summed E-state index contributed by atoms with van der Waals surface area (Å²) in [6.45, 7) is 6.80. The van der Waals surface area contributed by atoms with E-state index in [1.807, 2.05) is 12.3 Å². The maximum absolute atomic E-state index is 6.00. The van der Waals surface area contributed by atoms with Gasteiger partial charge in [-0.2, -0.15) is 0 Å². The molecule has 0 aliphatic heterocycles. The molecule has 1 aliphatic carbocycles. The van der Waals surface area contributed by atoms with Gasteiger partial charge in [0, 0.05) is 24.5 Å². The minimum absolute atomic E-state index is 0.521. The largest absolute Gasteiger partial charge is 0.309 e. The molecule has 0 N–H and O–H groups in total. The molecule has 1 saturated carbocycles. The second kappa shape index (κ2) is 5.96. The number of imidazole rings is 1. The van der Waals surface area contributed by atoms with Crippen LogP contribution in [-0.2, 0) is 6.42 Å². The van der Waals surface area contributed by atoms with Crippen molar-refractivity contribution >= 4 is 22.8 Å². The summed E-state index contributed by atoms with van der Waals surface area (Å²) in [5.74, 6) is 3.22. The van der Waals surface area contributed by atoms with Gasteiger partial charge in [0.05, 0.1) is 0 Å². The molecule has 3 atom stereocenters. The standard InChI is InChI=1S/C17H24ClN3/c1-4-13-5-6-14(12(13)3)21-15(7-9-18)20-16-11(2)8-10-19-17(16)21/h8,10,12-14H,4-7,9H2,1-3H3. The molecular weight excluding hydrogens is 282 g/mol. The maximum atomic E-state index is 6.00. The van der Waals surface area contributed by atoms with Crippen LogP contribution < -0.4 is 0 Å². The van der Waals surface area contributed by atoms with E-state index in [0.29, 0.717) is 17.8 Å². The number of pyridine rings is 1. The molecule has 21 heavy (non-hydrogen) atoms. The predicted octanol–water partition coefficient (Wildman–Crippen LogP) is 4.52. The zero-order chi connectivity index (χ0) is 15.0. The summed E-state index contributed by atoms with van der Waals surface area (Å²) in [5, 5.41) is 0. The van der Waals surface area contributed by atoms with Crippen molar-refractivity contribution in [3.63, 3.8) is 0 Å². The molecule has 4 heteroatoms. The van der Waals surface area contributed by atoms with Gasteiger partial charge in [0.1, 0.15) is 11.3 Å². The minimum Gasteiger partial charge on any atom is -0.309 e. The van der Waals surface area contributed by atoms with Crippen LogP contribution in [0.2, 0.25) is 0 Å². The van der Waals surface area contributed by atoms with Gasteiger partial charge in [0.25, 0.3) is 0 Å². The number of aromatic nitrogens is 3. The number of fused-ring (bicyclic) bond motifs is 1. The normalized spacial score (nSPS) is 25.8. The predicted molar refractivity (Wildman–Crippen MR) is 87.9 cm³/mol. The average molecular weight is 306 g/mol. The Labute approximate surface area is 131 Å². The first-order valence-electron chi connectivity index (χ1n) is 8.05. The lowest BCUT2D eigenvalue weighted by Crippen LogP contribution is -2.18. The summed E-state index contributed by atoms with van der Waals surface area (Å²) >= 11 is 6.00. The SMILES string of the molecule is CCC1CCC(n2c(CCCl)nc3c(C)ccnc32)C1C. The fraction of sp³-hybridized carbons (Fsp3) is 0.647. The molecule has 3 rings (SSSR count). The van der Waals surface area contributed by atoms with Gasteiger partial charge in [-0.25, -0.2) is 9.97 Å². The summed E-state index contributed by atoms with van der Waals surface area (Å²) in [6.07, 6.45) is 6.53. The van der Waals surface area contributed by atoms with Crippen LogP contribution in [0.15, 0.2) is 12.3 Å². The smallest absolute Gasteiger partial charge is 0.160 e. The van der Waals surface area contributed by atoms with Crippen LogP contribution in [0.1, 0.15) is 50.5 Å². The summed E-state index contributed by atoms with van der Waals surface area (Å²) in [5.41, 5.74) is 3.29. The van der Waals surface area contributed by atoms with Gasteiger partial charge in [0.2, 0.25) is 0 Å². The molecule has 2 heterocycles. The van der Waals surface area contributed by atoms with Crippen molar-refractivity contribution in [3.05, 3.63) is 23.7 Å². The Hall–Kier alpha value is -1.09. The van der Waals surface area contributed by atoms with Crippen molar-refractivity contribution in [2.45, 2.75) is 52.5 Å². The molecule has 2 aromatic rings. The molecule has 3 unspecified atom stereocenters. The zero-order valence-corrected chi connectivity index (χ0v) is 13.9. The first kappa shape index (κ1) is 14.8. The second-order valence-corrected chi connectivity index (χ2v) is 6.69. The molecule has 0 bridgehead atoms. The van der Waals surface area contributed by atoms with Crippen molar-refractivity contribution < 1.29 is 0 Å². The third-order valence-electron chi connectivity index (χ3n) is 5.21. The minimum atomic E-state index is 0.521. The Morgan fingerprint density at radius 3 is 2.86 bits per heavy atom.